The summed E-state index contributed by atoms with van der Waals surface area (Å²) in [7, 11) is 2.00. The van der Waals surface area contributed by atoms with Crippen molar-refractivity contribution in [3.8, 4) is 0 Å². The maximum atomic E-state index is 12.5. The molecular formula is C20H26N2O. The van der Waals surface area contributed by atoms with Gasteiger partial charge in [-0.15, -0.1) is 0 Å². The van der Waals surface area contributed by atoms with Gasteiger partial charge in [-0.2, -0.15) is 0 Å². The lowest BCUT2D eigenvalue weighted by atomic mass is 9.93. The molecule has 23 heavy (non-hydrogen) atoms. The lowest BCUT2D eigenvalue weighted by Gasteiger charge is -2.32. The summed E-state index contributed by atoms with van der Waals surface area (Å²) in [4.78, 5) is 14.6. The van der Waals surface area contributed by atoms with Gasteiger partial charge in [0.1, 0.15) is 0 Å². The van der Waals surface area contributed by atoms with Crippen LogP contribution in [0.1, 0.15) is 24.8 Å². The molecule has 1 saturated heterocycles. The van der Waals surface area contributed by atoms with Gasteiger partial charge in [-0.3, -0.25) is 4.79 Å². The average Bonchev–Trinajstić information content (AvgIpc) is 2.60. The minimum atomic E-state index is 0.271. The van der Waals surface area contributed by atoms with Crippen LogP contribution >= 0.6 is 0 Å². The second kappa shape index (κ2) is 7.60. The summed E-state index contributed by atoms with van der Waals surface area (Å²) in [5.41, 5.74) is 1.12. The fourth-order valence-corrected chi connectivity index (χ4v) is 3.45. The molecule has 122 valence electrons. The van der Waals surface area contributed by atoms with Crippen LogP contribution in [0.2, 0.25) is 0 Å². The summed E-state index contributed by atoms with van der Waals surface area (Å²) < 4.78 is 0. The van der Waals surface area contributed by atoms with Crippen molar-refractivity contribution in [2.24, 2.45) is 5.92 Å². The summed E-state index contributed by atoms with van der Waals surface area (Å²) in [6, 6.07) is 14.7. The van der Waals surface area contributed by atoms with Crippen molar-refractivity contribution in [3.63, 3.8) is 0 Å². The molecule has 0 bridgehead atoms. The molecule has 1 amide bonds. The normalized spacial score (nSPS) is 16.0. The predicted molar refractivity (Wildman–Crippen MR) is 95.5 cm³/mol. The number of carbonyl (C=O) groups is 1. The van der Waals surface area contributed by atoms with E-state index in [0.717, 1.165) is 44.0 Å². The third-order valence-electron chi connectivity index (χ3n) is 4.94. The average molecular weight is 310 g/mol. The molecule has 1 aliphatic rings. The monoisotopic (exact) mass is 310 g/mol. The van der Waals surface area contributed by atoms with E-state index in [1.807, 2.05) is 24.1 Å². The molecule has 0 saturated carbocycles. The van der Waals surface area contributed by atoms with E-state index in [0.29, 0.717) is 6.42 Å². The summed E-state index contributed by atoms with van der Waals surface area (Å²) >= 11 is 0. The van der Waals surface area contributed by atoms with Gasteiger partial charge in [-0.1, -0.05) is 42.5 Å². The van der Waals surface area contributed by atoms with E-state index in [9.17, 15) is 4.79 Å². The third-order valence-corrected chi connectivity index (χ3v) is 4.94. The quantitative estimate of drug-likeness (QED) is 0.919. The summed E-state index contributed by atoms with van der Waals surface area (Å²) in [6.45, 7) is 2.91. The Hall–Kier alpha value is -1.87. The van der Waals surface area contributed by atoms with Crippen molar-refractivity contribution < 1.29 is 4.79 Å². The third kappa shape index (κ3) is 4.11. The van der Waals surface area contributed by atoms with Crippen LogP contribution in [0.25, 0.3) is 10.8 Å². The van der Waals surface area contributed by atoms with Gasteiger partial charge < -0.3 is 10.2 Å². The highest BCUT2D eigenvalue weighted by Gasteiger charge is 2.22. The smallest absolute Gasteiger partial charge is 0.226 e. The van der Waals surface area contributed by atoms with Gasteiger partial charge >= 0.3 is 0 Å². The number of fused-ring (bicyclic) bond motifs is 1. The number of carbonyl (C=O) groups excluding carboxylic acids is 1. The second-order valence-electron chi connectivity index (χ2n) is 6.57. The van der Waals surface area contributed by atoms with Gasteiger partial charge in [-0.25, -0.2) is 0 Å². The maximum absolute atomic E-state index is 12.5. The van der Waals surface area contributed by atoms with Crippen LogP contribution in [0.4, 0.5) is 0 Å². The lowest BCUT2D eigenvalue weighted by Crippen LogP contribution is -2.39. The summed E-state index contributed by atoms with van der Waals surface area (Å²) in [6.07, 6.45) is 4.03. The zero-order chi connectivity index (χ0) is 16.1. The molecule has 0 radical (unpaired) electrons. The first-order valence-corrected chi connectivity index (χ1v) is 8.66. The molecular weight excluding hydrogens is 284 g/mol. The van der Waals surface area contributed by atoms with E-state index in [4.69, 9.17) is 0 Å². The van der Waals surface area contributed by atoms with Crippen LogP contribution in [0, 0.1) is 5.92 Å². The van der Waals surface area contributed by atoms with E-state index in [2.05, 4.69) is 35.6 Å². The molecule has 2 aromatic carbocycles. The second-order valence-corrected chi connectivity index (χ2v) is 6.57. The Morgan fingerprint density at radius 1 is 1.13 bits per heavy atom. The molecule has 1 fully saturated rings. The van der Waals surface area contributed by atoms with Crippen molar-refractivity contribution in [1.82, 2.24) is 10.2 Å². The van der Waals surface area contributed by atoms with Crippen LogP contribution in [-0.4, -0.2) is 37.5 Å². The zero-order valence-corrected chi connectivity index (χ0v) is 13.9. The van der Waals surface area contributed by atoms with Crippen LogP contribution in [0.5, 0.6) is 0 Å². The van der Waals surface area contributed by atoms with E-state index >= 15 is 0 Å². The van der Waals surface area contributed by atoms with Crippen molar-refractivity contribution in [2.75, 3.05) is 26.7 Å². The molecule has 1 heterocycles. The van der Waals surface area contributed by atoms with E-state index in [1.54, 1.807) is 0 Å². The van der Waals surface area contributed by atoms with Crippen LogP contribution < -0.4 is 5.32 Å². The Bertz CT molecular complexity index is 659. The van der Waals surface area contributed by atoms with Crippen molar-refractivity contribution in [3.05, 3.63) is 48.0 Å². The highest BCUT2D eigenvalue weighted by molar-refractivity contribution is 5.85. The molecule has 0 atom stereocenters. The van der Waals surface area contributed by atoms with E-state index < -0.39 is 0 Å². The Morgan fingerprint density at radius 2 is 1.87 bits per heavy atom. The van der Waals surface area contributed by atoms with E-state index in [1.165, 1.54) is 17.2 Å². The molecule has 3 nitrogen and oxygen atoms in total. The number of nitrogens with zero attached hydrogens (tertiary/aromatic N) is 1. The highest BCUT2D eigenvalue weighted by Crippen LogP contribution is 2.21. The minimum absolute atomic E-state index is 0.271. The molecule has 0 aromatic heterocycles. The number of hydrogen-bond donors (Lipinski definition) is 1. The van der Waals surface area contributed by atoms with Crippen LogP contribution in [-0.2, 0) is 11.2 Å². The number of amides is 1. The van der Waals surface area contributed by atoms with Gasteiger partial charge in [0.15, 0.2) is 0 Å². The number of benzene rings is 2. The largest absolute Gasteiger partial charge is 0.342 e. The number of nitrogens with one attached hydrogen (secondary N) is 1. The van der Waals surface area contributed by atoms with Crippen LogP contribution in [0.15, 0.2) is 42.5 Å². The standard InChI is InChI=1S/C20H26N2O/c1-21-11-8-16-9-12-22(13-10-16)20(23)15-17-6-7-18-4-2-3-5-19(18)14-17/h2-7,14,16,21H,8-13,15H2,1H3. The zero-order valence-electron chi connectivity index (χ0n) is 13.9. The predicted octanol–water partition coefficient (Wildman–Crippen LogP) is 3.23. The molecule has 3 rings (SSSR count). The molecule has 1 N–H and O–H groups in total. The number of likely N-dealkylation sites (tertiary alicyclic amines) is 1. The number of piperidine rings is 1. The Morgan fingerprint density at radius 3 is 2.61 bits per heavy atom. The topological polar surface area (TPSA) is 32.3 Å². The van der Waals surface area contributed by atoms with Gasteiger partial charge in [0.2, 0.25) is 5.91 Å². The van der Waals surface area contributed by atoms with Crippen molar-refractivity contribution >= 4 is 16.7 Å². The van der Waals surface area contributed by atoms with Gasteiger partial charge in [0.25, 0.3) is 0 Å². The first-order chi connectivity index (χ1) is 11.3. The van der Waals surface area contributed by atoms with Crippen molar-refractivity contribution in [2.45, 2.75) is 25.7 Å². The fourth-order valence-electron chi connectivity index (χ4n) is 3.45. The Balaban J connectivity index is 1.56. The molecule has 0 unspecified atom stereocenters. The van der Waals surface area contributed by atoms with Gasteiger partial charge in [0.05, 0.1) is 6.42 Å². The SMILES string of the molecule is CNCCC1CCN(C(=O)Cc2ccc3ccccc3c2)CC1. The molecule has 3 heteroatoms. The molecule has 2 aromatic rings. The Labute approximate surface area is 138 Å². The van der Waals surface area contributed by atoms with Gasteiger partial charge in [0, 0.05) is 13.1 Å². The molecule has 0 spiro atoms. The van der Waals surface area contributed by atoms with Crippen LogP contribution in [0.3, 0.4) is 0 Å². The van der Waals surface area contributed by atoms with Gasteiger partial charge in [-0.05, 0) is 55.1 Å². The van der Waals surface area contributed by atoms with Crippen molar-refractivity contribution in [1.29, 1.82) is 0 Å². The minimum Gasteiger partial charge on any atom is -0.342 e. The maximum Gasteiger partial charge on any atom is 0.226 e. The summed E-state index contributed by atoms with van der Waals surface area (Å²) in [5.74, 6) is 1.04. The number of hydrogen-bond acceptors (Lipinski definition) is 2. The molecule has 1 aliphatic heterocycles. The number of rotatable bonds is 5. The molecule has 0 aliphatic carbocycles. The fraction of sp³-hybridized carbons (Fsp3) is 0.450. The first kappa shape index (κ1) is 16.0. The Kier molecular flexibility index (Phi) is 5.29. The van der Waals surface area contributed by atoms with E-state index in [-0.39, 0.29) is 5.91 Å². The lowest BCUT2D eigenvalue weighted by molar-refractivity contribution is -0.131. The first-order valence-electron chi connectivity index (χ1n) is 8.66. The summed E-state index contributed by atoms with van der Waals surface area (Å²) in [5, 5.41) is 5.66. The highest BCUT2D eigenvalue weighted by atomic mass is 16.2.